The summed E-state index contributed by atoms with van der Waals surface area (Å²) in [5, 5.41) is 13.1. The van der Waals surface area contributed by atoms with Gasteiger partial charge in [-0.05, 0) is 150 Å². The summed E-state index contributed by atoms with van der Waals surface area (Å²) in [5.74, 6) is -0.522. The number of nitrogens with one attached hydrogen (secondary N) is 1. The van der Waals surface area contributed by atoms with Crippen molar-refractivity contribution < 1.29 is 38.6 Å². The molecule has 308 valence electrons. The smallest absolute Gasteiger partial charge is 0.410 e. The minimum absolute atomic E-state index is 0.0118. The van der Waals surface area contributed by atoms with Crippen LogP contribution >= 0.6 is 0 Å². The van der Waals surface area contributed by atoms with E-state index in [1.807, 2.05) is 20.8 Å². The van der Waals surface area contributed by atoms with Gasteiger partial charge in [0.15, 0.2) is 5.78 Å². The number of likely N-dealkylation sites (tertiary alicyclic amines) is 1. The number of ether oxygens (including phenoxy) is 2. The number of Topliss-reactive ketones (excluding diaryl/α,β-unsaturated/α-hetero) is 1. The molecule has 1 heterocycles. The predicted octanol–water partition coefficient (Wildman–Crippen LogP) is 8.65. The molecule has 1 saturated heterocycles. The number of allylic oxidation sites excluding steroid dienone is 1. The average molecular weight is 767 g/mol. The van der Waals surface area contributed by atoms with E-state index in [0.717, 1.165) is 56.9 Å². The van der Waals surface area contributed by atoms with Crippen molar-refractivity contribution in [3.63, 3.8) is 0 Å². The van der Waals surface area contributed by atoms with Crippen LogP contribution in [-0.4, -0.2) is 69.6 Å². The molecule has 0 aromatic rings. The molecular formula is C45H70N2O8. The van der Waals surface area contributed by atoms with Crippen LogP contribution in [0.25, 0.3) is 0 Å². The molecule has 0 aromatic heterocycles. The first-order valence-corrected chi connectivity index (χ1v) is 21.3. The van der Waals surface area contributed by atoms with Gasteiger partial charge in [-0.3, -0.25) is 24.1 Å². The van der Waals surface area contributed by atoms with Gasteiger partial charge in [-0.1, -0.05) is 48.5 Å². The van der Waals surface area contributed by atoms with Gasteiger partial charge in [0.1, 0.15) is 17.7 Å². The van der Waals surface area contributed by atoms with Crippen LogP contribution in [-0.2, 0) is 28.7 Å². The monoisotopic (exact) mass is 767 g/mol. The van der Waals surface area contributed by atoms with E-state index in [0.29, 0.717) is 31.2 Å². The van der Waals surface area contributed by atoms with E-state index in [1.165, 1.54) is 5.57 Å². The van der Waals surface area contributed by atoms with Gasteiger partial charge in [0, 0.05) is 18.4 Å². The number of hydrogen-bond donors (Lipinski definition) is 2. The maximum absolute atomic E-state index is 14.3. The second-order valence-electron chi connectivity index (χ2n) is 21.8. The first-order chi connectivity index (χ1) is 25.2. The van der Waals surface area contributed by atoms with Crippen LogP contribution in [0.1, 0.15) is 160 Å². The van der Waals surface area contributed by atoms with Gasteiger partial charge >= 0.3 is 18.0 Å². The molecular weight excluding hydrogens is 697 g/mol. The summed E-state index contributed by atoms with van der Waals surface area (Å²) in [4.78, 5) is 68.1. The number of amides is 2. The quantitative estimate of drug-likeness (QED) is 0.246. The third kappa shape index (κ3) is 6.65. The van der Waals surface area contributed by atoms with E-state index in [-0.39, 0.29) is 64.1 Å². The lowest BCUT2D eigenvalue weighted by Gasteiger charge is -2.72. The normalized spacial score (nSPS) is 38.5. The molecule has 6 rings (SSSR count). The molecule has 0 aromatic carbocycles. The fourth-order valence-corrected chi connectivity index (χ4v) is 13.5. The van der Waals surface area contributed by atoms with Crippen molar-refractivity contribution in [1.29, 1.82) is 0 Å². The lowest BCUT2D eigenvalue weighted by molar-refractivity contribution is -0.232. The summed E-state index contributed by atoms with van der Waals surface area (Å²) < 4.78 is 11.9. The molecule has 2 amide bonds. The second kappa shape index (κ2) is 13.6. The Kier molecular flexibility index (Phi) is 10.3. The fourth-order valence-electron chi connectivity index (χ4n) is 13.5. The van der Waals surface area contributed by atoms with Crippen molar-refractivity contribution in [2.45, 2.75) is 183 Å². The zero-order valence-electron chi connectivity index (χ0n) is 35.9. The summed E-state index contributed by atoms with van der Waals surface area (Å²) in [7, 11) is 0. The van der Waals surface area contributed by atoms with Crippen LogP contribution < -0.4 is 5.32 Å². The van der Waals surface area contributed by atoms with Crippen LogP contribution in [0, 0.1) is 50.7 Å². The fraction of sp³-hybridized carbons (Fsp3) is 0.844. The molecule has 10 nitrogen and oxygen atoms in total. The van der Waals surface area contributed by atoms with Crippen LogP contribution in [0.4, 0.5) is 4.79 Å². The van der Waals surface area contributed by atoms with Gasteiger partial charge in [-0.25, -0.2) is 4.79 Å². The number of ketones is 1. The highest BCUT2D eigenvalue weighted by molar-refractivity contribution is 6.02. The van der Waals surface area contributed by atoms with Gasteiger partial charge in [0.05, 0.1) is 17.4 Å². The third-order valence-corrected chi connectivity index (χ3v) is 16.4. The first kappa shape index (κ1) is 41.7. The Bertz CT molecular complexity index is 1650. The van der Waals surface area contributed by atoms with Crippen LogP contribution in [0.5, 0.6) is 0 Å². The number of carbonyl (C=O) groups is 5. The largest absolute Gasteiger partial charge is 0.481 e. The van der Waals surface area contributed by atoms with Crippen LogP contribution in [0.2, 0.25) is 0 Å². The standard InChI is InChI=1S/C45H70N2O8/c1-26(2)34-29(48)24-45(46-36(50)28-14-13-23-47(28)38(53)55-39(3,4)5)22-21-43(11)27(35(34)45)15-16-31-42(10)19-18-32(54-33(49)25-40(6,7)37(51)52)41(8,9)30(42)17-20-44(31,43)12/h26-28,30-32H,13-25H2,1-12H3,(H,46,50)(H,51,52)/t27?,28-,30?,31?,32-,42-,43+,44+,45+/m0/s1. The van der Waals surface area contributed by atoms with Gasteiger partial charge in [0.2, 0.25) is 5.91 Å². The molecule has 2 N–H and O–H groups in total. The molecule has 6 aliphatic rings. The van der Waals surface area contributed by atoms with Crippen LogP contribution in [0.3, 0.4) is 0 Å². The Balaban J connectivity index is 1.27. The molecule has 4 saturated carbocycles. The number of rotatable bonds is 7. The molecule has 1 aliphatic heterocycles. The number of esters is 1. The van der Waals surface area contributed by atoms with Gasteiger partial charge < -0.3 is 19.9 Å². The molecule has 0 radical (unpaired) electrons. The van der Waals surface area contributed by atoms with E-state index in [2.05, 4.69) is 53.8 Å². The van der Waals surface area contributed by atoms with Gasteiger partial charge in [-0.2, -0.15) is 0 Å². The van der Waals surface area contributed by atoms with E-state index < -0.39 is 40.6 Å². The SMILES string of the molecule is CC(C)C1=C2C3CCC4[C@@]5(C)CC[C@H](OC(=O)CC(C)(C)C(=O)O)C(C)(C)C5CC[C@@]4(C)[C@]3(C)CC[C@@]2(NC(=O)[C@@H]2CCCN2C(=O)OC(C)(C)C)CC1=O. The van der Waals surface area contributed by atoms with Crippen molar-refractivity contribution in [3.8, 4) is 0 Å². The van der Waals surface area contributed by atoms with Gasteiger partial charge in [0.25, 0.3) is 0 Å². The maximum atomic E-state index is 14.3. The maximum Gasteiger partial charge on any atom is 0.410 e. The Morgan fingerprint density at radius 2 is 1.55 bits per heavy atom. The Labute approximate surface area is 329 Å². The molecule has 5 aliphatic carbocycles. The molecule has 5 fully saturated rings. The van der Waals surface area contributed by atoms with E-state index in [9.17, 15) is 29.1 Å². The Morgan fingerprint density at radius 3 is 2.16 bits per heavy atom. The summed E-state index contributed by atoms with van der Waals surface area (Å²) in [6.07, 6.45) is 8.00. The van der Waals surface area contributed by atoms with E-state index >= 15 is 0 Å². The summed E-state index contributed by atoms with van der Waals surface area (Å²) in [5.41, 5.74) is -0.884. The number of carbonyl (C=O) groups excluding carboxylic acids is 4. The van der Waals surface area contributed by atoms with E-state index in [4.69, 9.17) is 9.47 Å². The van der Waals surface area contributed by atoms with Crippen molar-refractivity contribution in [2.24, 2.45) is 50.7 Å². The molecule has 0 bridgehead atoms. The molecule has 3 unspecified atom stereocenters. The number of nitrogens with zero attached hydrogens (tertiary/aromatic N) is 1. The average Bonchev–Trinajstić information content (AvgIpc) is 3.65. The number of hydrogen-bond acceptors (Lipinski definition) is 7. The topological polar surface area (TPSA) is 139 Å². The Hall–Kier alpha value is -2.91. The lowest BCUT2D eigenvalue weighted by atomic mass is 9.33. The number of carboxylic acids is 1. The van der Waals surface area contributed by atoms with Crippen molar-refractivity contribution in [3.05, 3.63) is 11.1 Å². The molecule has 10 heteroatoms. The highest BCUT2D eigenvalue weighted by atomic mass is 16.6. The van der Waals surface area contributed by atoms with Gasteiger partial charge in [-0.15, -0.1) is 0 Å². The van der Waals surface area contributed by atoms with E-state index in [1.54, 1.807) is 18.7 Å². The lowest BCUT2D eigenvalue weighted by Crippen LogP contribution is -2.67. The molecule has 9 atom stereocenters. The molecule has 55 heavy (non-hydrogen) atoms. The van der Waals surface area contributed by atoms with Crippen molar-refractivity contribution in [1.82, 2.24) is 10.2 Å². The molecule has 0 spiro atoms. The van der Waals surface area contributed by atoms with Crippen molar-refractivity contribution >= 4 is 29.7 Å². The predicted molar refractivity (Wildman–Crippen MR) is 210 cm³/mol. The summed E-state index contributed by atoms with van der Waals surface area (Å²) >= 11 is 0. The number of aliphatic carboxylic acids is 1. The second-order valence-corrected chi connectivity index (χ2v) is 21.8. The minimum atomic E-state index is -1.18. The summed E-state index contributed by atoms with van der Waals surface area (Å²) in [6, 6.07) is -0.623. The first-order valence-electron chi connectivity index (χ1n) is 21.3. The highest BCUT2D eigenvalue weighted by Gasteiger charge is 2.70. The minimum Gasteiger partial charge on any atom is -0.481 e. The van der Waals surface area contributed by atoms with Crippen molar-refractivity contribution in [2.75, 3.05) is 6.54 Å². The van der Waals surface area contributed by atoms with Crippen LogP contribution in [0.15, 0.2) is 11.1 Å². The summed E-state index contributed by atoms with van der Waals surface area (Å²) in [6.45, 7) is 25.3. The number of fused-ring (bicyclic) bond motifs is 7. The zero-order chi connectivity index (χ0) is 40.9. The highest BCUT2D eigenvalue weighted by Crippen LogP contribution is 2.76. The Morgan fingerprint density at radius 1 is 0.873 bits per heavy atom. The zero-order valence-corrected chi connectivity index (χ0v) is 35.9. The third-order valence-electron chi connectivity index (χ3n) is 16.4. The number of carboxylic acid groups (broad SMARTS) is 1.